The molecule has 0 aliphatic heterocycles. The number of rotatable bonds is 6. The Hall–Kier alpha value is -0.320. The number of nitrogens with two attached hydrogens (primary N) is 1. The van der Waals surface area contributed by atoms with Gasteiger partial charge in [-0.3, -0.25) is 4.79 Å². The summed E-state index contributed by atoms with van der Waals surface area (Å²) in [7, 11) is 0. The fourth-order valence-electron chi connectivity index (χ4n) is 0.826. The van der Waals surface area contributed by atoms with Gasteiger partial charge in [0, 0.05) is 6.61 Å². The van der Waals surface area contributed by atoms with Crippen LogP contribution in [0.1, 0.15) is 34.1 Å². The number of hydrogen-bond acceptors (Lipinski definition) is 4. The zero-order valence-corrected chi connectivity index (χ0v) is 10.7. The van der Waals surface area contributed by atoms with Crippen LogP contribution in [0.15, 0.2) is 0 Å². The predicted octanol–water partition coefficient (Wildman–Crippen LogP) is 1.50. The summed E-state index contributed by atoms with van der Waals surface area (Å²) in [5, 5.41) is 0. The first kappa shape index (κ1) is 17.1. The van der Waals surface area contributed by atoms with Gasteiger partial charge < -0.3 is 15.2 Å². The normalized spacial score (nSPS) is 16.1. The van der Waals surface area contributed by atoms with E-state index < -0.39 is 6.04 Å². The first-order chi connectivity index (χ1) is 6.49. The van der Waals surface area contributed by atoms with Crippen LogP contribution in [0.3, 0.4) is 0 Å². The molecule has 0 saturated heterocycles. The highest BCUT2D eigenvalue weighted by Crippen LogP contribution is 2.04. The Bertz CT molecular complexity index is 176. The molecule has 2 N–H and O–H groups in total. The van der Waals surface area contributed by atoms with Crippen LogP contribution in [0.4, 0.5) is 0 Å². The van der Waals surface area contributed by atoms with Gasteiger partial charge >= 0.3 is 5.97 Å². The van der Waals surface area contributed by atoms with Gasteiger partial charge in [0.2, 0.25) is 0 Å². The van der Waals surface area contributed by atoms with Gasteiger partial charge in [0.1, 0.15) is 12.1 Å². The summed E-state index contributed by atoms with van der Waals surface area (Å²) in [5.41, 5.74) is 5.37. The van der Waals surface area contributed by atoms with Crippen molar-refractivity contribution in [3.05, 3.63) is 0 Å². The Morgan fingerprint density at radius 2 is 1.80 bits per heavy atom. The van der Waals surface area contributed by atoms with E-state index in [-0.39, 0.29) is 30.6 Å². The van der Waals surface area contributed by atoms with Crippen LogP contribution in [-0.4, -0.2) is 30.8 Å². The zero-order chi connectivity index (χ0) is 11.1. The van der Waals surface area contributed by atoms with E-state index in [1.165, 1.54) is 0 Å². The number of esters is 1. The minimum atomic E-state index is -0.573. The summed E-state index contributed by atoms with van der Waals surface area (Å²) in [5.74, 6) is -0.385. The number of carbonyl (C=O) groups excluding carboxylic acids is 1. The largest absolute Gasteiger partial charge is 0.459 e. The molecule has 0 spiro atoms. The van der Waals surface area contributed by atoms with Crippen LogP contribution in [-0.2, 0) is 14.3 Å². The van der Waals surface area contributed by atoms with Crippen molar-refractivity contribution in [3.8, 4) is 0 Å². The molecule has 0 bridgehead atoms. The number of hydrogen-bond donors (Lipinski definition) is 1. The van der Waals surface area contributed by atoms with Crippen LogP contribution < -0.4 is 5.73 Å². The highest BCUT2D eigenvalue weighted by Gasteiger charge is 2.18. The van der Waals surface area contributed by atoms with E-state index in [1.54, 1.807) is 13.8 Å². The molecule has 0 aromatic heterocycles. The van der Waals surface area contributed by atoms with Crippen molar-refractivity contribution in [1.29, 1.82) is 0 Å². The van der Waals surface area contributed by atoms with Gasteiger partial charge in [-0.15, -0.1) is 12.4 Å². The average Bonchev–Trinajstić information content (AvgIpc) is 2.13. The van der Waals surface area contributed by atoms with Gasteiger partial charge in [-0.2, -0.15) is 0 Å². The smallest absolute Gasteiger partial charge is 0.322 e. The number of halogens is 1. The average molecular weight is 240 g/mol. The van der Waals surface area contributed by atoms with E-state index in [4.69, 9.17) is 15.2 Å². The summed E-state index contributed by atoms with van der Waals surface area (Å²) in [6, 6.07) is -0.573. The zero-order valence-electron chi connectivity index (χ0n) is 9.86. The molecule has 4 nitrogen and oxygen atoms in total. The van der Waals surface area contributed by atoms with Crippen molar-refractivity contribution in [3.63, 3.8) is 0 Å². The van der Waals surface area contributed by atoms with Crippen LogP contribution in [0, 0.1) is 0 Å². The topological polar surface area (TPSA) is 61.5 Å². The van der Waals surface area contributed by atoms with Crippen LogP contribution >= 0.6 is 12.4 Å². The molecule has 0 rings (SSSR count). The van der Waals surface area contributed by atoms with Gasteiger partial charge in [-0.05, 0) is 27.2 Å². The Morgan fingerprint density at radius 3 is 2.20 bits per heavy atom. The minimum absolute atomic E-state index is 0. The molecule has 92 valence electrons. The van der Waals surface area contributed by atoms with Gasteiger partial charge in [-0.1, -0.05) is 6.92 Å². The molecule has 0 unspecified atom stereocenters. The molecule has 0 amide bonds. The van der Waals surface area contributed by atoms with Crippen LogP contribution in [0.5, 0.6) is 0 Å². The Balaban J connectivity index is 0. The first-order valence-electron chi connectivity index (χ1n) is 5.06. The van der Waals surface area contributed by atoms with Crippen molar-refractivity contribution >= 4 is 18.4 Å². The molecular formula is C10H22ClNO3. The highest BCUT2D eigenvalue weighted by atomic mass is 35.5. The quantitative estimate of drug-likeness (QED) is 0.714. The number of carbonyl (C=O) groups is 1. The molecule has 0 radical (unpaired) electrons. The Kier molecular flexibility index (Phi) is 10.2. The first-order valence-corrected chi connectivity index (χ1v) is 5.06. The lowest BCUT2D eigenvalue weighted by Gasteiger charge is -2.21. The van der Waals surface area contributed by atoms with E-state index in [2.05, 4.69) is 0 Å². The van der Waals surface area contributed by atoms with E-state index in [0.717, 1.165) is 6.42 Å². The van der Waals surface area contributed by atoms with Gasteiger partial charge in [0.25, 0.3) is 0 Å². The third-order valence-corrected chi connectivity index (χ3v) is 1.92. The summed E-state index contributed by atoms with van der Waals surface area (Å²) < 4.78 is 10.5. The Morgan fingerprint density at radius 1 is 1.27 bits per heavy atom. The second kappa shape index (κ2) is 8.95. The predicted molar refractivity (Wildman–Crippen MR) is 62.2 cm³/mol. The fraction of sp³-hybridized carbons (Fsp3) is 0.900. The summed E-state index contributed by atoms with van der Waals surface area (Å²) >= 11 is 0. The molecule has 0 aliphatic carbocycles. The maximum atomic E-state index is 11.1. The van der Waals surface area contributed by atoms with Crippen LogP contribution in [0.2, 0.25) is 0 Å². The molecule has 0 heterocycles. The molecule has 0 saturated carbocycles. The lowest BCUT2D eigenvalue weighted by molar-refractivity contribution is -0.156. The van der Waals surface area contributed by atoms with Crippen molar-refractivity contribution in [2.45, 2.75) is 52.4 Å². The molecule has 0 aliphatic rings. The standard InChI is InChI=1S/C10H21NO3.ClH/c1-5-6-13-8(3)9(4)14-10(12)7(2)11;/h7-9H,5-6,11H2,1-4H3;1H/t7-,8+,9-;/m0./s1. The summed E-state index contributed by atoms with van der Waals surface area (Å²) in [6.07, 6.45) is 0.621. The van der Waals surface area contributed by atoms with Gasteiger partial charge in [-0.25, -0.2) is 0 Å². The third kappa shape index (κ3) is 7.59. The van der Waals surface area contributed by atoms with Gasteiger partial charge in [0.15, 0.2) is 0 Å². The van der Waals surface area contributed by atoms with Crippen LogP contribution in [0.25, 0.3) is 0 Å². The minimum Gasteiger partial charge on any atom is -0.459 e. The van der Waals surface area contributed by atoms with Crippen molar-refractivity contribution < 1.29 is 14.3 Å². The van der Waals surface area contributed by atoms with Crippen molar-refractivity contribution in [1.82, 2.24) is 0 Å². The highest BCUT2D eigenvalue weighted by molar-refractivity contribution is 5.85. The molecular weight excluding hydrogens is 218 g/mol. The van der Waals surface area contributed by atoms with E-state index in [9.17, 15) is 4.79 Å². The third-order valence-electron chi connectivity index (χ3n) is 1.92. The molecule has 0 aromatic rings. The Labute approximate surface area is 97.9 Å². The molecule has 3 atom stereocenters. The van der Waals surface area contributed by atoms with Gasteiger partial charge in [0.05, 0.1) is 6.10 Å². The molecule has 0 aromatic carbocycles. The molecule has 0 fully saturated rings. The second-order valence-electron chi connectivity index (χ2n) is 3.51. The number of ether oxygens (including phenoxy) is 2. The lowest BCUT2D eigenvalue weighted by Crippen LogP contribution is -2.36. The van der Waals surface area contributed by atoms with Crippen molar-refractivity contribution in [2.75, 3.05) is 6.61 Å². The lowest BCUT2D eigenvalue weighted by atomic mass is 10.2. The summed E-state index contributed by atoms with van der Waals surface area (Å²) in [6.45, 7) is 8.01. The second-order valence-corrected chi connectivity index (χ2v) is 3.51. The SMILES string of the molecule is CCCO[C@H](C)[C@H](C)OC(=O)[C@H](C)N.Cl. The van der Waals surface area contributed by atoms with E-state index in [1.807, 2.05) is 13.8 Å². The van der Waals surface area contributed by atoms with E-state index >= 15 is 0 Å². The maximum absolute atomic E-state index is 11.1. The van der Waals surface area contributed by atoms with E-state index in [0.29, 0.717) is 6.61 Å². The monoisotopic (exact) mass is 239 g/mol. The van der Waals surface area contributed by atoms with Crippen molar-refractivity contribution in [2.24, 2.45) is 5.73 Å². The summed E-state index contributed by atoms with van der Waals surface area (Å²) in [4.78, 5) is 11.1. The maximum Gasteiger partial charge on any atom is 0.322 e. The molecule has 15 heavy (non-hydrogen) atoms. The fourth-order valence-corrected chi connectivity index (χ4v) is 0.826. The molecule has 5 heteroatoms.